The maximum absolute atomic E-state index is 11.8. The molecular formula is C21H27N3O2. The number of nitrogens with one attached hydrogen (secondary N) is 1. The summed E-state index contributed by atoms with van der Waals surface area (Å²) in [5.74, 6) is 0.885. The first-order valence-electron chi connectivity index (χ1n) is 9.18. The van der Waals surface area contributed by atoms with Crippen molar-refractivity contribution in [3.8, 4) is 5.75 Å². The van der Waals surface area contributed by atoms with E-state index in [0.717, 1.165) is 44.0 Å². The molecule has 0 aliphatic carbocycles. The average Bonchev–Trinajstić information content (AvgIpc) is 2.69. The topological polar surface area (TPSA) is 44.8 Å². The number of methoxy groups -OCH3 is 1. The van der Waals surface area contributed by atoms with E-state index < -0.39 is 0 Å². The molecule has 1 fully saturated rings. The van der Waals surface area contributed by atoms with E-state index in [-0.39, 0.29) is 5.91 Å². The molecule has 2 aromatic carbocycles. The summed E-state index contributed by atoms with van der Waals surface area (Å²) in [5, 5.41) is 2.83. The summed E-state index contributed by atoms with van der Waals surface area (Å²) < 4.78 is 5.22. The number of ether oxygens (including phenoxy) is 1. The molecule has 0 radical (unpaired) electrons. The number of carbonyl (C=O) groups is 1. The largest absolute Gasteiger partial charge is 0.497 e. The molecule has 1 saturated heterocycles. The van der Waals surface area contributed by atoms with E-state index in [1.807, 2.05) is 31.2 Å². The van der Waals surface area contributed by atoms with Gasteiger partial charge in [-0.2, -0.15) is 0 Å². The lowest BCUT2D eigenvalue weighted by Crippen LogP contribution is -2.45. The van der Waals surface area contributed by atoms with Crippen LogP contribution in [0, 0.1) is 0 Å². The molecule has 0 atom stereocenters. The number of benzene rings is 2. The Labute approximate surface area is 155 Å². The number of nitrogens with zero attached hydrogens (tertiary/aromatic N) is 2. The smallest absolute Gasteiger partial charge is 0.251 e. The van der Waals surface area contributed by atoms with Crippen molar-refractivity contribution in [2.75, 3.05) is 44.7 Å². The van der Waals surface area contributed by atoms with E-state index in [4.69, 9.17) is 4.74 Å². The van der Waals surface area contributed by atoms with Gasteiger partial charge in [-0.3, -0.25) is 9.69 Å². The zero-order valence-electron chi connectivity index (χ0n) is 15.6. The van der Waals surface area contributed by atoms with Crippen molar-refractivity contribution in [2.45, 2.75) is 13.5 Å². The van der Waals surface area contributed by atoms with Gasteiger partial charge in [0.2, 0.25) is 0 Å². The fourth-order valence-electron chi connectivity index (χ4n) is 3.24. The molecule has 26 heavy (non-hydrogen) atoms. The molecule has 0 aromatic heterocycles. The van der Waals surface area contributed by atoms with Crippen LogP contribution in [0.4, 0.5) is 5.69 Å². The van der Waals surface area contributed by atoms with Crippen LogP contribution in [-0.2, 0) is 6.54 Å². The number of amides is 1. The summed E-state index contributed by atoms with van der Waals surface area (Å²) in [6.07, 6.45) is 0. The summed E-state index contributed by atoms with van der Waals surface area (Å²) >= 11 is 0. The van der Waals surface area contributed by atoms with Crippen molar-refractivity contribution in [2.24, 2.45) is 0 Å². The molecule has 1 amide bonds. The Morgan fingerprint density at radius 3 is 2.23 bits per heavy atom. The Balaban J connectivity index is 1.51. The van der Waals surface area contributed by atoms with Gasteiger partial charge in [-0.05, 0) is 48.9 Å². The van der Waals surface area contributed by atoms with Crippen molar-refractivity contribution < 1.29 is 9.53 Å². The minimum Gasteiger partial charge on any atom is -0.497 e. The van der Waals surface area contributed by atoms with Crippen LogP contribution in [0.1, 0.15) is 22.8 Å². The Morgan fingerprint density at radius 2 is 1.65 bits per heavy atom. The molecule has 1 N–H and O–H groups in total. The van der Waals surface area contributed by atoms with Crippen LogP contribution in [-0.4, -0.2) is 50.6 Å². The number of rotatable bonds is 6. The highest BCUT2D eigenvalue weighted by Gasteiger charge is 2.17. The number of piperazine rings is 1. The van der Waals surface area contributed by atoms with E-state index in [2.05, 4.69) is 39.4 Å². The lowest BCUT2D eigenvalue weighted by molar-refractivity contribution is 0.0956. The standard InChI is InChI=1S/C21H27N3O2/c1-3-22-21(25)18-6-4-17(5-7-18)16-23-12-14-24(15-13-23)19-8-10-20(26-2)11-9-19/h4-11H,3,12-16H2,1-2H3,(H,22,25). The highest BCUT2D eigenvalue weighted by atomic mass is 16.5. The van der Waals surface area contributed by atoms with Crippen molar-refractivity contribution in [1.29, 1.82) is 0 Å². The molecule has 5 nitrogen and oxygen atoms in total. The minimum absolute atomic E-state index is 0.00726. The fourth-order valence-corrected chi connectivity index (χ4v) is 3.24. The predicted molar refractivity (Wildman–Crippen MR) is 105 cm³/mol. The van der Waals surface area contributed by atoms with Gasteiger partial charge in [0.1, 0.15) is 5.75 Å². The second-order valence-electron chi connectivity index (χ2n) is 6.52. The van der Waals surface area contributed by atoms with Crippen molar-refractivity contribution in [1.82, 2.24) is 10.2 Å². The molecule has 0 spiro atoms. The molecule has 0 unspecified atom stereocenters. The first kappa shape index (κ1) is 18.3. The normalized spacial score (nSPS) is 14.9. The number of hydrogen-bond donors (Lipinski definition) is 1. The third-order valence-corrected chi connectivity index (χ3v) is 4.77. The zero-order chi connectivity index (χ0) is 18.4. The molecule has 1 aliphatic rings. The van der Waals surface area contributed by atoms with Crippen LogP contribution in [0.15, 0.2) is 48.5 Å². The van der Waals surface area contributed by atoms with Gasteiger partial charge in [0.15, 0.2) is 0 Å². The number of carbonyl (C=O) groups excluding carboxylic acids is 1. The van der Waals surface area contributed by atoms with E-state index in [0.29, 0.717) is 6.54 Å². The van der Waals surface area contributed by atoms with Crippen LogP contribution in [0.3, 0.4) is 0 Å². The second kappa shape index (κ2) is 8.72. The SMILES string of the molecule is CCNC(=O)c1ccc(CN2CCN(c3ccc(OC)cc3)CC2)cc1. The number of hydrogen-bond acceptors (Lipinski definition) is 4. The van der Waals surface area contributed by atoms with Gasteiger partial charge in [-0.15, -0.1) is 0 Å². The first-order chi connectivity index (χ1) is 12.7. The summed E-state index contributed by atoms with van der Waals surface area (Å²) in [6, 6.07) is 16.2. The van der Waals surface area contributed by atoms with Crippen molar-refractivity contribution in [3.05, 3.63) is 59.7 Å². The lowest BCUT2D eigenvalue weighted by atomic mass is 10.1. The number of anilines is 1. The maximum Gasteiger partial charge on any atom is 0.251 e. The molecular weight excluding hydrogens is 326 g/mol. The first-order valence-corrected chi connectivity index (χ1v) is 9.18. The molecule has 5 heteroatoms. The maximum atomic E-state index is 11.8. The van der Waals surface area contributed by atoms with Gasteiger partial charge in [0.25, 0.3) is 5.91 Å². The molecule has 0 saturated carbocycles. The third kappa shape index (κ3) is 4.55. The summed E-state index contributed by atoms with van der Waals surface area (Å²) in [6.45, 7) is 7.60. The second-order valence-corrected chi connectivity index (χ2v) is 6.52. The predicted octanol–water partition coefficient (Wildman–Crippen LogP) is 2.77. The van der Waals surface area contributed by atoms with Gasteiger partial charge in [-0.25, -0.2) is 0 Å². The van der Waals surface area contributed by atoms with Gasteiger partial charge in [-0.1, -0.05) is 12.1 Å². The van der Waals surface area contributed by atoms with Crippen LogP contribution in [0.25, 0.3) is 0 Å². The molecule has 1 heterocycles. The molecule has 138 valence electrons. The highest BCUT2D eigenvalue weighted by molar-refractivity contribution is 5.94. The van der Waals surface area contributed by atoms with E-state index in [1.165, 1.54) is 11.3 Å². The Hall–Kier alpha value is -2.53. The van der Waals surface area contributed by atoms with E-state index in [1.54, 1.807) is 7.11 Å². The van der Waals surface area contributed by atoms with Crippen LogP contribution in [0.5, 0.6) is 5.75 Å². The van der Waals surface area contributed by atoms with Gasteiger partial charge in [0, 0.05) is 50.5 Å². The minimum atomic E-state index is -0.00726. The van der Waals surface area contributed by atoms with E-state index in [9.17, 15) is 4.79 Å². The fraction of sp³-hybridized carbons (Fsp3) is 0.381. The van der Waals surface area contributed by atoms with Crippen LogP contribution >= 0.6 is 0 Å². The summed E-state index contributed by atoms with van der Waals surface area (Å²) in [7, 11) is 1.69. The lowest BCUT2D eigenvalue weighted by Gasteiger charge is -2.36. The Kier molecular flexibility index (Phi) is 6.12. The van der Waals surface area contributed by atoms with Gasteiger partial charge < -0.3 is 15.0 Å². The quantitative estimate of drug-likeness (QED) is 0.867. The average molecular weight is 353 g/mol. The van der Waals surface area contributed by atoms with Crippen LogP contribution in [0.2, 0.25) is 0 Å². The summed E-state index contributed by atoms with van der Waals surface area (Å²) in [4.78, 5) is 16.7. The highest BCUT2D eigenvalue weighted by Crippen LogP contribution is 2.21. The molecule has 0 bridgehead atoms. The van der Waals surface area contributed by atoms with Crippen molar-refractivity contribution in [3.63, 3.8) is 0 Å². The van der Waals surface area contributed by atoms with Gasteiger partial charge >= 0.3 is 0 Å². The third-order valence-electron chi connectivity index (χ3n) is 4.77. The molecule has 1 aliphatic heterocycles. The Bertz CT molecular complexity index is 705. The zero-order valence-corrected chi connectivity index (χ0v) is 15.6. The Morgan fingerprint density at radius 1 is 1.00 bits per heavy atom. The van der Waals surface area contributed by atoms with E-state index >= 15 is 0 Å². The van der Waals surface area contributed by atoms with Gasteiger partial charge in [0.05, 0.1) is 7.11 Å². The van der Waals surface area contributed by atoms with Crippen molar-refractivity contribution >= 4 is 11.6 Å². The molecule has 3 rings (SSSR count). The van der Waals surface area contributed by atoms with Crippen LogP contribution < -0.4 is 15.0 Å². The summed E-state index contributed by atoms with van der Waals surface area (Å²) in [5.41, 5.74) is 3.22. The monoisotopic (exact) mass is 353 g/mol. The molecule has 2 aromatic rings.